The number of sulfonamides is 1. The Morgan fingerprint density at radius 3 is 2.47 bits per heavy atom. The van der Waals surface area contributed by atoms with Crippen LogP contribution in [0.1, 0.15) is 31.4 Å². The normalized spacial score (nSPS) is 16.2. The highest BCUT2D eigenvalue weighted by Gasteiger charge is 2.33. The summed E-state index contributed by atoms with van der Waals surface area (Å²) in [6, 6.07) is 14.5. The van der Waals surface area contributed by atoms with Gasteiger partial charge in [-0.1, -0.05) is 48.4 Å². The first-order valence-corrected chi connectivity index (χ1v) is 13.2. The Hall–Kier alpha value is -2.93. The molecule has 0 saturated carbocycles. The zero-order valence-electron chi connectivity index (χ0n) is 19.7. The molecule has 1 fully saturated rings. The summed E-state index contributed by atoms with van der Waals surface area (Å²) >= 11 is 0. The van der Waals surface area contributed by atoms with E-state index in [1.807, 2.05) is 12.1 Å². The molecule has 2 N–H and O–H groups in total. The summed E-state index contributed by atoms with van der Waals surface area (Å²) in [5.74, 6) is 1.33. The Labute approximate surface area is 201 Å². The third-order valence-electron chi connectivity index (χ3n) is 6.29. The van der Waals surface area contributed by atoms with Gasteiger partial charge in [-0.15, -0.1) is 6.42 Å². The Kier molecular flexibility index (Phi) is 8.67. The number of likely N-dealkylation sites (tertiary alicyclic amines) is 1. The van der Waals surface area contributed by atoms with E-state index in [-0.39, 0.29) is 31.7 Å². The number of benzene rings is 2. The first kappa shape index (κ1) is 25.7. The number of fused-ring (bicyclic) bond motifs is 1. The molecule has 0 radical (unpaired) electrons. The summed E-state index contributed by atoms with van der Waals surface area (Å²) in [6.45, 7) is 3.12. The zero-order chi connectivity index (χ0) is 24.7. The molecule has 0 unspecified atom stereocenters. The van der Waals surface area contributed by atoms with Gasteiger partial charge in [0, 0.05) is 25.2 Å². The van der Waals surface area contributed by atoms with E-state index in [1.54, 1.807) is 0 Å². The van der Waals surface area contributed by atoms with Gasteiger partial charge >= 0.3 is 0 Å². The van der Waals surface area contributed by atoms with Crippen molar-refractivity contribution < 1.29 is 18.0 Å². The molecular formula is C25H32N4O4S. The lowest BCUT2D eigenvalue weighted by Gasteiger charge is -2.39. The smallest absolute Gasteiger partial charge is 0.240 e. The van der Waals surface area contributed by atoms with Crippen LogP contribution in [0.4, 0.5) is 0 Å². The monoisotopic (exact) mass is 484 g/mol. The Morgan fingerprint density at radius 2 is 1.79 bits per heavy atom. The fourth-order valence-corrected chi connectivity index (χ4v) is 5.58. The highest BCUT2D eigenvalue weighted by molar-refractivity contribution is 7.88. The molecule has 2 aromatic carbocycles. The maximum absolute atomic E-state index is 12.5. The number of piperidine rings is 1. The van der Waals surface area contributed by atoms with Crippen LogP contribution >= 0.6 is 0 Å². The number of carbonyl (C=O) groups is 2. The topological polar surface area (TPSA) is 98.8 Å². The molecule has 1 aliphatic rings. The summed E-state index contributed by atoms with van der Waals surface area (Å²) in [5.41, 5.74) is 1.25. The highest BCUT2D eigenvalue weighted by atomic mass is 32.2. The summed E-state index contributed by atoms with van der Waals surface area (Å²) in [5, 5.41) is 7.33. The lowest BCUT2D eigenvalue weighted by Crippen LogP contribution is -2.51. The Balaban J connectivity index is 1.61. The summed E-state index contributed by atoms with van der Waals surface area (Å²) in [6.07, 6.45) is 7.45. The molecule has 0 aliphatic carbocycles. The number of nitrogens with one attached hydrogen (secondary N) is 2. The molecule has 0 spiro atoms. The Bertz CT molecular complexity index is 1160. The molecule has 8 nitrogen and oxygen atoms in total. The average molecular weight is 485 g/mol. The number of hydrogen-bond acceptors (Lipinski definition) is 5. The molecule has 1 aliphatic heterocycles. The van der Waals surface area contributed by atoms with Crippen LogP contribution in [0, 0.1) is 12.3 Å². The van der Waals surface area contributed by atoms with E-state index in [4.69, 9.17) is 6.42 Å². The van der Waals surface area contributed by atoms with Gasteiger partial charge < -0.3 is 10.6 Å². The molecule has 2 aromatic rings. The van der Waals surface area contributed by atoms with Crippen LogP contribution in [0.15, 0.2) is 42.5 Å². The minimum Gasteiger partial charge on any atom is -0.346 e. The standard InChI is InChI=1S/C25H32N4O4S/c1-4-14-26-24(30)17-27-25(31)18-29(34(3,32)33)21-12-15-28(16-13-21)19(2)22-11-7-9-20-8-5-6-10-23(20)22/h1,5-11,19,21H,12-18H2,2-3H3,(H,26,30)(H,27,31)/t19-/m1/s1. The van der Waals surface area contributed by atoms with Crippen molar-refractivity contribution >= 4 is 32.6 Å². The largest absolute Gasteiger partial charge is 0.346 e. The van der Waals surface area contributed by atoms with Crippen molar-refractivity contribution in [2.45, 2.75) is 31.8 Å². The number of amides is 2. The van der Waals surface area contributed by atoms with Crippen molar-refractivity contribution in [1.29, 1.82) is 0 Å². The number of carbonyl (C=O) groups excluding carboxylic acids is 2. The first-order chi connectivity index (χ1) is 16.2. The molecular weight excluding hydrogens is 452 g/mol. The molecule has 1 heterocycles. The SMILES string of the molecule is C#CCNC(=O)CNC(=O)CN(C1CCN([C@H](C)c2cccc3ccccc23)CC1)S(C)(=O)=O. The predicted octanol–water partition coefficient (Wildman–Crippen LogP) is 1.49. The van der Waals surface area contributed by atoms with Crippen molar-refractivity contribution in [2.24, 2.45) is 0 Å². The number of hydrogen-bond donors (Lipinski definition) is 2. The van der Waals surface area contributed by atoms with E-state index >= 15 is 0 Å². The second-order valence-electron chi connectivity index (χ2n) is 8.58. The van der Waals surface area contributed by atoms with Crippen molar-refractivity contribution in [1.82, 2.24) is 19.8 Å². The fourth-order valence-electron chi connectivity index (χ4n) is 4.48. The average Bonchev–Trinajstić information content (AvgIpc) is 2.83. The third-order valence-corrected chi connectivity index (χ3v) is 7.57. The molecule has 34 heavy (non-hydrogen) atoms. The van der Waals surface area contributed by atoms with Crippen molar-refractivity contribution in [3.8, 4) is 12.3 Å². The maximum Gasteiger partial charge on any atom is 0.240 e. The molecule has 182 valence electrons. The zero-order valence-corrected chi connectivity index (χ0v) is 20.5. The van der Waals surface area contributed by atoms with Gasteiger partial charge in [0.1, 0.15) is 0 Å². The van der Waals surface area contributed by atoms with E-state index in [0.717, 1.165) is 19.3 Å². The fraction of sp³-hybridized carbons (Fsp3) is 0.440. The van der Waals surface area contributed by atoms with Gasteiger partial charge in [-0.05, 0) is 36.1 Å². The van der Waals surface area contributed by atoms with Gasteiger partial charge in [-0.25, -0.2) is 8.42 Å². The van der Waals surface area contributed by atoms with Crippen LogP contribution in [-0.4, -0.2) is 74.5 Å². The van der Waals surface area contributed by atoms with Crippen LogP contribution in [0.2, 0.25) is 0 Å². The molecule has 3 rings (SSSR count). The minimum absolute atomic E-state index is 0.0694. The van der Waals surface area contributed by atoms with E-state index in [9.17, 15) is 18.0 Å². The van der Waals surface area contributed by atoms with Gasteiger partial charge in [-0.3, -0.25) is 14.5 Å². The van der Waals surface area contributed by atoms with Crippen LogP contribution in [0.3, 0.4) is 0 Å². The van der Waals surface area contributed by atoms with E-state index in [1.165, 1.54) is 20.6 Å². The third kappa shape index (κ3) is 6.56. The van der Waals surface area contributed by atoms with E-state index < -0.39 is 21.8 Å². The molecule has 1 saturated heterocycles. The molecule has 9 heteroatoms. The van der Waals surface area contributed by atoms with Crippen LogP contribution in [0.25, 0.3) is 10.8 Å². The first-order valence-electron chi connectivity index (χ1n) is 11.4. The summed E-state index contributed by atoms with van der Waals surface area (Å²) in [7, 11) is -3.60. The van der Waals surface area contributed by atoms with Gasteiger partial charge in [0.25, 0.3) is 0 Å². The maximum atomic E-state index is 12.5. The van der Waals surface area contributed by atoms with Crippen LogP contribution in [0.5, 0.6) is 0 Å². The summed E-state index contributed by atoms with van der Waals surface area (Å²) < 4.78 is 26.2. The second-order valence-corrected chi connectivity index (χ2v) is 10.5. The quantitative estimate of drug-likeness (QED) is 0.526. The highest BCUT2D eigenvalue weighted by Crippen LogP contribution is 2.31. The molecule has 0 bridgehead atoms. The molecule has 1 atom stereocenters. The van der Waals surface area contributed by atoms with Gasteiger partial charge in [0.2, 0.25) is 21.8 Å². The van der Waals surface area contributed by atoms with Gasteiger partial charge in [0.05, 0.1) is 25.9 Å². The van der Waals surface area contributed by atoms with Gasteiger partial charge in [-0.2, -0.15) is 4.31 Å². The van der Waals surface area contributed by atoms with E-state index in [0.29, 0.717) is 12.8 Å². The molecule has 2 amide bonds. The van der Waals surface area contributed by atoms with E-state index in [2.05, 4.69) is 58.7 Å². The Morgan fingerprint density at radius 1 is 1.12 bits per heavy atom. The lowest BCUT2D eigenvalue weighted by atomic mass is 9.96. The lowest BCUT2D eigenvalue weighted by molar-refractivity contribution is -0.126. The van der Waals surface area contributed by atoms with Crippen molar-refractivity contribution in [3.05, 3.63) is 48.0 Å². The van der Waals surface area contributed by atoms with Crippen molar-refractivity contribution in [2.75, 3.05) is 39.0 Å². The minimum atomic E-state index is -3.60. The van der Waals surface area contributed by atoms with Crippen LogP contribution in [-0.2, 0) is 19.6 Å². The van der Waals surface area contributed by atoms with Gasteiger partial charge in [0.15, 0.2) is 0 Å². The number of terminal acetylenes is 1. The number of rotatable bonds is 9. The molecule has 0 aromatic heterocycles. The van der Waals surface area contributed by atoms with Crippen LogP contribution < -0.4 is 10.6 Å². The van der Waals surface area contributed by atoms with Crippen molar-refractivity contribution in [3.63, 3.8) is 0 Å². The summed E-state index contributed by atoms with van der Waals surface area (Å²) in [4.78, 5) is 26.3. The number of nitrogens with zero attached hydrogens (tertiary/aromatic N) is 2. The second kappa shape index (κ2) is 11.5. The predicted molar refractivity (Wildman–Crippen MR) is 133 cm³/mol.